The largest absolute Gasteiger partial charge is 0.259 e. The van der Waals surface area contributed by atoms with Gasteiger partial charge in [-0.1, -0.05) is 6.08 Å². The first kappa shape index (κ1) is 6.22. The molecule has 0 amide bonds. The molecular formula is C8H7N3. The monoisotopic (exact) mass is 145 g/mol. The zero-order chi connectivity index (χ0) is 7.52. The molecule has 0 aromatic carbocycles. The van der Waals surface area contributed by atoms with Crippen molar-refractivity contribution in [3.05, 3.63) is 36.6 Å². The summed E-state index contributed by atoms with van der Waals surface area (Å²) in [5, 5.41) is 0. The van der Waals surface area contributed by atoms with Crippen LogP contribution in [0.2, 0.25) is 0 Å². The molecule has 1 aliphatic rings. The fourth-order valence-electron chi connectivity index (χ4n) is 0.992. The van der Waals surface area contributed by atoms with Crippen molar-refractivity contribution in [2.45, 2.75) is 6.42 Å². The quantitative estimate of drug-likeness (QED) is 0.595. The fraction of sp³-hybridized carbons (Fsp3) is 0.125. The van der Waals surface area contributed by atoms with Gasteiger partial charge in [-0.25, -0.2) is 9.97 Å². The molecule has 1 aliphatic heterocycles. The summed E-state index contributed by atoms with van der Waals surface area (Å²) in [6, 6.07) is 1.87. The summed E-state index contributed by atoms with van der Waals surface area (Å²) in [7, 11) is 0. The lowest BCUT2D eigenvalue weighted by atomic mass is 10.2. The Balaban J connectivity index is 2.31. The number of hydrogen-bond donors (Lipinski definition) is 0. The highest BCUT2D eigenvalue weighted by Crippen LogP contribution is 2.06. The van der Waals surface area contributed by atoms with Crippen LogP contribution in [-0.4, -0.2) is 15.7 Å². The van der Waals surface area contributed by atoms with Crippen LogP contribution in [-0.2, 0) is 0 Å². The van der Waals surface area contributed by atoms with Gasteiger partial charge in [-0.3, -0.25) is 4.99 Å². The molecule has 0 radical (unpaired) electrons. The maximum atomic E-state index is 4.15. The van der Waals surface area contributed by atoms with E-state index in [0.717, 1.165) is 17.8 Å². The third-order valence-electron chi connectivity index (χ3n) is 1.52. The molecule has 0 unspecified atom stereocenters. The first-order valence-corrected chi connectivity index (χ1v) is 3.45. The molecule has 1 aromatic rings. The molecule has 54 valence electrons. The van der Waals surface area contributed by atoms with E-state index < -0.39 is 0 Å². The van der Waals surface area contributed by atoms with Gasteiger partial charge in [0.25, 0.3) is 0 Å². The van der Waals surface area contributed by atoms with Gasteiger partial charge in [-0.2, -0.15) is 0 Å². The molecule has 1 aromatic heterocycles. The van der Waals surface area contributed by atoms with Crippen molar-refractivity contribution in [3.8, 4) is 0 Å². The molecular weight excluding hydrogens is 138 g/mol. The molecule has 2 heterocycles. The third-order valence-corrected chi connectivity index (χ3v) is 1.52. The number of nitrogens with zero attached hydrogens (tertiary/aromatic N) is 3. The highest BCUT2D eigenvalue weighted by Gasteiger charge is 2.04. The molecule has 0 spiro atoms. The highest BCUT2D eigenvalue weighted by atomic mass is 14.8. The number of aliphatic imine (C=N–C) groups is 1. The molecule has 3 nitrogen and oxygen atoms in total. The van der Waals surface area contributed by atoms with Crippen LogP contribution in [0.4, 0.5) is 0 Å². The Morgan fingerprint density at radius 2 is 2.36 bits per heavy atom. The molecule has 0 atom stereocenters. The summed E-state index contributed by atoms with van der Waals surface area (Å²) in [6.07, 6.45) is 7.96. The first-order valence-electron chi connectivity index (χ1n) is 3.45. The minimum absolute atomic E-state index is 0.886. The van der Waals surface area contributed by atoms with E-state index in [1.165, 1.54) is 6.33 Å². The standard InChI is InChI=1S/C8H7N3/c1-2-7(10-4-1)8-3-5-9-6-11-8/h1,3-6H,2H2. The van der Waals surface area contributed by atoms with Gasteiger partial charge in [-0.15, -0.1) is 0 Å². The normalized spacial score (nSPS) is 15.1. The average Bonchev–Trinajstić information content (AvgIpc) is 2.58. The average molecular weight is 145 g/mol. The van der Waals surface area contributed by atoms with Crippen molar-refractivity contribution in [3.63, 3.8) is 0 Å². The van der Waals surface area contributed by atoms with Gasteiger partial charge >= 0.3 is 0 Å². The lowest BCUT2D eigenvalue weighted by Crippen LogP contribution is -1.99. The van der Waals surface area contributed by atoms with Crippen LogP contribution in [0.3, 0.4) is 0 Å². The van der Waals surface area contributed by atoms with E-state index in [-0.39, 0.29) is 0 Å². The minimum atomic E-state index is 0.886. The summed E-state index contributed by atoms with van der Waals surface area (Å²) >= 11 is 0. The molecule has 0 saturated heterocycles. The summed E-state index contributed by atoms with van der Waals surface area (Å²) in [6.45, 7) is 0. The number of rotatable bonds is 1. The smallest absolute Gasteiger partial charge is 0.116 e. The molecule has 0 N–H and O–H groups in total. The molecule has 0 saturated carbocycles. The van der Waals surface area contributed by atoms with Crippen molar-refractivity contribution in [2.24, 2.45) is 4.99 Å². The molecule has 0 bridgehead atoms. The molecule has 0 aliphatic carbocycles. The van der Waals surface area contributed by atoms with Gasteiger partial charge in [-0.05, 0) is 6.07 Å². The zero-order valence-corrected chi connectivity index (χ0v) is 5.94. The lowest BCUT2D eigenvalue weighted by Gasteiger charge is -1.95. The van der Waals surface area contributed by atoms with Gasteiger partial charge in [0.1, 0.15) is 6.33 Å². The Kier molecular flexibility index (Phi) is 1.48. The van der Waals surface area contributed by atoms with Crippen molar-refractivity contribution in [2.75, 3.05) is 0 Å². The number of hydrogen-bond acceptors (Lipinski definition) is 3. The zero-order valence-electron chi connectivity index (χ0n) is 5.94. The number of aromatic nitrogens is 2. The van der Waals surface area contributed by atoms with Crippen LogP contribution in [0.15, 0.2) is 35.9 Å². The Hall–Kier alpha value is -1.51. The predicted molar refractivity (Wildman–Crippen MR) is 42.3 cm³/mol. The minimum Gasteiger partial charge on any atom is -0.259 e. The predicted octanol–water partition coefficient (Wildman–Crippen LogP) is 1.18. The summed E-state index contributed by atoms with van der Waals surface area (Å²) in [4.78, 5) is 12.1. The van der Waals surface area contributed by atoms with Crippen molar-refractivity contribution >= 4 is 5.71 Å². The first-order chi connectivity index (χ1) is 5.47. The van der Waals surface area contributed by atoms with E-state index in [9.17, 15) is 0 Å². The molecule has 11 heavy (non-hydrogen) atoms. The van der Waals surface area contributed by atoms with Gasteiger partial charge < -0.3 is 0 Å². The van der Waals surface area contributed by atoms with E-state index in [1.807, 2.05) is 12.1 Å². The van der Waals surface area contributed by atoms with Crippen LogP contribution < -0.4 is 0 Å². The second kappa shape index (κ2) is 2.62. The van der Waals surface area contributed by atoms with Crippen LogP contribution in [0.25, 0.3) is 0 Å². The van der Waals surface area contributed by atoms with Crippen molar-refractivity contribution in [1.82, 2.24) is 9.97 Å². The van der Waals surface area contributed by atoms with E-state index in [4.69, 9.17) is 0 Å². The summed E-state index contributed by atoms with van der Waals surface area (Å²) in [5.74, 6) is 0. The van der Waals surface area contributed by atoms with E-state index in [2.05, 4.69) is 15.0 Å². The van der Waals surface area contributed by atoms with E-state index in [1.54, 1.807) is 12.4 Å². The molecule has 2 rings (SSSR count). The maximum absolute atomic E-state index is 4.15. The third kappa shape index (κ3) is 1.17. The van der Waals surface area contributed by atoms with Crippen LogP contribution >= 0.6 is 0 Å². The maximum Gasteiger partial charge on any atom is 0.116 e. The topological polar surface area (TPSA) is 38.1 Å². The molecule has 3 heteroatoms. The SMILES string of the molecule is C1=CN=C(c2ccncn2)C1. The Morgan fingerprint density at radius 3 is 3.00 bits per heavy atom. The van der Waals surface area contributed by atoms with Crippen molar-refractivity contribution < 1.29 is 0 Å². The molecule has 0 fully saturated rings. The Labute approximate surface area is 64.5 Å². The van der Waals surface area contributed by atoms with E-state index in [0.29, 0.717) is 0 Å². The van der Waals surface area contributed by atoms with Crippen LogP contribution in [0.1, 0.15) is 12.1 Å². The number of allylic oxidation sites excluding steroid dienone is 1. The summed E-state index contributed by atoms with van der Waals surface area (Å²) < 4.78 is 0. The van der Waals surface area contributed by atoms with Gasteiger partial charge in [0, 0.05) is 18.8 Å². The van der Waals surface area contributed by atoms with Crippen molar-refractivity contribution in [1.29, 1.82) is 0 Å². The van der Waals surface area contributed by atoms with E-state index >= 15 is 0 Å². The summed E-state index contributed by atoms with van der Waals surface area (Å²) in [5.41, 5.74) is 1.94. The second-order valence-electron chi connectivity index (χ2n) is 2.26. The highest BCUT2D eigenvalue weighted by molar-refractivity contribution is 6.01. The second-order valence-corrected chi connectivity index (χ2v) is 2.26. The fourth-order valence-corrected chi connectivity index (χ4v) is 0.992. The Morgan fingerprint density at radius 1 is 1.36 bits per heavy atom. The van der Waals surface area contributed by atoms with Crippen LogP contribution in [0.5, 0.6) is 0 Å². The van der Waals surface area contributed by atoms with Gasteiger partial charge in [0.2, 0.25) is 0 Å². The van der Waals surface area contributed by atoms with Gasteiger partial charge in [0.15, 0.2) is 0 Å². The lowest BCUT2D eigenvalue weighted by molar-refractivity contribution is 1.14. The Bertz CT molecular complexity index is 300. The van der Waals surface area contributed by atoms with Crippen LogP contribution in [0, 0.1) is 0 Å². The van der Waals surface area contributed by atoms with Gasteiger partial charge in [0.05, 0.1) is 11.4 Å².